The van der Waals surface area contributed by atoms with Crippen molar-refractivity contribution in [3.63, 3.8) is 0 Å². The molecule has 5 aromatic rings. The van der Waals surface area contributed by atoms with Crippen molar-refractivity contribution in [1.82, 2.24) is 25.9 Å². The third-order valence-electron chi connectivity index (χ3n) is 19.1. The van der Waals surface area contributed by atoms with Crippen molar-refractivity contribution in [3.05, 3.63) is 190 Å². The first-order valence-corrected chi connectivity index (χ1v) is 27.8. The fourth-order valence-corrected chi connectivity index (χ4v) is 16.2. The molecule has 3 N–H and O–H groups in total. The highest BCUT2D eigenvalue weighted by molar-refractivity contribution is 5.93. The Morgan fingerprint density at radius 1 is 0.534 bits per heavy atom. The van der Waals surface area contributed by atoms with Crippen LogP contribution in [-0.2, 0) is 20.9 Å². The molecule has 12 atom stereocenters. The number of carbonyl (C=O) groups excluding carboxylic acids is 3. The normalized spacial score (nSPS) is 32.4. The lowest BCUT2D eigenvalue weighted by atomic mass is 9.57. The van der Waals surface area contributed by atoms with Gasteiger partial charge in [-0.1, -0.05) is 103 Å². The summed E-state index contributed by atoms with van der Waals surface area (Å²) in [6.07, 6.45) is 25.1. The van der Waals surface area contributed by atoms with Crippen molar-refractivity contribution in [2.24, 2.45) is 29.6 Å². The minimum absolute atomic E-state index is 0.0539. The first-order valence-electron chi connectivity index (χ1n) is 27.8. The van der Waals surface area contributed by atoms with Crippen molar-refractivity contribution in [3.8, 4) is 11.4 Å². The van der Waals surface area contributed by atoms with Gasteiger partial charge in [0.2, 0.25) is 0 Å². The number of nitrogens with zero attached hydrogens (tertiary/aromatic N) is 2. The number of fused-ring (bicyclic) bond motifs is 3. The molecule has 73 heavy (non-hydrogen) atoms. The Bertz CT molecular complexity index is 2980. The Balaban J connectivity index is 0.647. The second kappa shape index (κ2) is 19.5. The molecule has 372 valence electrons. The van der Waals surface area contributed by atoms with E-state index in [9.17, 15) is 14.4 Å². The molecular weight excluding hydrogens is 899 g/mol. The summed E-state index contributed by atoms with van der Waals surface area (Å²) in [5.41, 5.74) is 11.6. The lowest BCUT2D eigenvalue weighted by molar-refractivity contribution is -0.116. The monoisotopic (exact) mass is 968 g/mol. The SMILES string of the molecule is O=C1C=C(NCc2cccc(-c3ncc(C4C[C@H]5CC(NC6=CC(=O)CC(c7ccccc7)C6)C4C5)cn3)c2)CC(c2ccc(C3C4C[C@@H]5C[C@@H](CCC3(NC3=CC(=O)CC(c6ccccc6)C3)C5)C4)cc2)C1. The van der Waals surface area contributed by atoms with Crippen LogP contribution < -0.4 is 16.0 Å². The maximum atomic E-state index is 13.4. The van der Waals surface area contributed by atoms with Crippen LogP contribution in [-0.4, -0.2) is 38.9 Å². The van der Waals surface area contributed by atoms with Crippen molar-refractivity contribution in [2.75, 3.05) is 0 Å². The number of carbonyl (C=O) groups is 3. The summed E-state index contributed by atoms with van der Waals surface area (Å²) >= 11 is 0. The smallest absolute Gasteiger partial charge is 0.159 e. The maximum absolute atomic E-state index is 13.4. The second-order valence-electron chi connectivity index (χ2n) is 23.9. The number of rotatable bonds is 13. The molecule has 9 unspecified atom stereocenters. The van der Waals surface area contributed by atoms with E-state index in [0.29, 0.717) is 61.4 Å². The van der Waals surface area contributed by atoms with Gasteiger partial charge in [0.1, 0.15) is 0 Å². The molecule has 9 aliphatic rings. The van der Waals surface area contributed by atoms with E-state index in [2.05, 4.69) is 131 Å². The predicted molar refractivity (Wildman–Crippen MR) is 286 cm³/mol. The van der Waals surface area contributed by atoms with E-state index < -0.39 is 0 Å². The first kappa shape index (κ1) is 46.4. The molecule has 0 amide bonds. The van der Waals surface area contributed by atoms with Crippen LogP contribution in [0.3, 0.4) is 0 Å². The number of nitrogens with one attached hydrogen (secondary N) is 3. The zero-order valence-electron chi connectivity index (χ0n) is 42.1. The number of ketones is 3. The second-order valence-corrected chi connectivity index (χ2v) is 23.9. The summed E-state index contributed by atoms with van der Waals surface area (Å²) < 4.78 is 0. The van der Waals surface area contributed by atoms with E-state index >= 15 is 0 Å². The van der Waals surface area contributed by atoms with Gasteiger partial charge < -0.3 is 16.0 Å². The Hall–Kier alpha value is -6.41. The van der Waals surface area contributed by atoms with Crippen molar-refractivity contribution < 1.29 is 14.4 Å². The molecule has 1 aromatic heterocycles. The summed E-state index contributed by atoms with van der Waals surface area (Å²) in [6, 6.07) is 39.3. The van der Waals surface area contributed by atoms with E-state index in [1.165, 1.54) is 72.8 Å². The van der Waals surface area contributed by atoms with Gasteiger partial charge in [0, 0.05) is 96.6 Å². The molecule has 14 rings (SSSR count). The standard InChI is InChI=1S/C65H69N5O3/c71-57-30-49(46-14-16-47(17-15-46)63-52-21-40-18-19-65(63,36-43(20-40)23-52)70-56-29-51(32-59(73)35-56)45-11-5-2-6-12-45)27-54(33-57)66-37-41-8-7-13-48(22-41)64-67-38-53(39-68-64)60-24-42-25-61(60)62(26-42)69-55-28-50(31-58(72)34-55)44-9-3-1-4-10-44/h1-17,22,33-35,38-40,42-43,49-52,60-63,66,69-70H,18-21,23-32,36-37H2/t40-,42-,43+,49?,50?,51?,52?,60?,61?,62?,63?,65?/m1/s1. The van der Waals surface area contributed by atoms with Gasteiger partial charge in [-0.3, -0.25) is 14.4 Å². The maximum Gasteiger partial charge on any atom is 0.159 e. The fraction of sp³-hybridized carbons (Fsp3) is 0.431. The molecule has 6 saturated carbocycles. The first-order chi connectivity index (χ1) is 35.7. The molecule has 0 radical (unpaired) electrons. The Labute approximate surface area is 431 Å². The molecule has 8 heteroatoms. The number of benzene rings is 4. The Morgan fingerprint density at radius 3 is 1.85 bits per heavy atom. The molecule has 0 spiro atoms. The Morgan fingerprint density at radius 2 is 1.15 bits per heavy atom. The molecular formula is C65H69N5O3. The van der Waals surface area contributed by atoms with Crippen molar-refractivity contribution in [2.45, 2.75) is 144 Å². The number of allylic oxidation sites excluding steroid dienone is 6. The minimum Gasteiger partial charge on any atom is -0.385 e. The van der Waals surface area contributed by atoms with Gasteiger partial charge in [0.15, 0.2) is 23.2 Å². The van der Waals surface area contributed by atoms with Crippen LogP contribution in [0.5, 0.6) is 0 Å². The van der Waals surface area contributed by atoms with Crippen LogP contribution in [0.15, 0.2) is 157 Å². The summed E-state index contributed by atoms with van der Waals surface area (Å²) in [4.78, 5) is 49.3. The molecule has 0 saturated heterocycles. The largest absolute Gasteiger partial charge is 0.385 e. The molecule has 0 aliphatic heterocycles. The predicted octanol–water partition coefficient (Wildman–Crippen LogP) is 12.4. The van der Waals surface area contributed by atoms with Crippen LogP contribution >= 0.6 is 0 Å². The minimum atomic E-state index is -0.0539. The van der Waals surface area contributed by atoms with Gasteiger partial charge in [-0.25, -0.2) is 9.97 Å². The highest BCUT2D eigenvalue weighted by Crippen LogP contribution is 2.60. The lowest BCUT2D eigenvalue weighted by Gasteiger charge is -2.53. The number of hydrogen-bond acceptors (Lipinski definition) is 8. The van der Waals surface area contributed by atoms with E-state index in [4.69, 9.17) is 9.97 Å². The zero-order chi connectivity index (χ0) is 49.0. The van der Waals surface area contributed by atoms with E-state index in [-0.39, 0.29) is 40.6 Å². The fourth-order valence-electron chi connectivity index (χ4n) is 16.2. The van der Waals surface area contributed by atoms with E-state index in [1.54, 1.807) is 0 Å². The molecule has 6 fully saturated rings. The average molecular weight is 968 g/mol. The van der Waals surface area contributed by atoms with Gasteiger partial charge in [-0.2, -0.15) is 0 Å². The highest BCUT2D eigenvalue weighted by atomic mass is 16.1. The van der Waals surface area contributed by atoms with E-state index in [0.717, 1.165) is 78.0 Å². The lowest BCUT2D eigenvalue weighted by Crippen LogP contribution is -2.55. The highest BCUT2D eigenvalue weighted by Gasteiger charge is 2.55. The quantitative estimate of drug-likeness (QED) is 0.107. The van der Waals surface area contributed by atoms with Crippen molar-refractivity contribution in [1.29, 1.82) is 0 Å². The number of aromatic nitrogens is 2. The summed E-state index contributed by atoms with van der Waals surface area (Å²) in [5, 5.41) is 11.7. The van der Waals surface area contributed by atoms with Gasteiger partial charge >= 0.3 is 0 Å². The Kier molecular flexibility index (Phi) is 12.4. The summed E-state index contributed by atoms with van der Waals surface area (Å²) in [7, 11) is 0. The molecule has 8 nitrogen and oxygen atoms in total. The van der Waals surface area contributed by atoms with Crippen LogP contribution in [0.25, 0.3) is 11.4 Å². The summed E-state index contributed by atoms with van der Waals surface area (Å²) in [5.74, 6) is 6.09. The van der Waals surface area contributed by atoms with Crippen LogP contribution in [0, 0.1) is 29.6 Å². The molecule has 9 aliphatic carbocycles. The molecule has 6 bridgehead atoms. The third kappa shape index (κ3) is 9.56. The van der Waals surface area contributed by atoms with Crippen LogP contribution in [0.4, 0.5) is 0 Å². The van der Waals surface area contributed by atoms with Gasteiger partial charge in [0.05, 0.1) is 0 Å². The number of hydrogen-bond donors (Lipinski definition) is 3. The molecule has 1 heterocycles. The summed E-state index contributed by atoms with van der Waals surface area (Å²) in [6.45, 7) is 0.610. The van der Waals surface area contributed by atoms with Gasteiger partial charge in [-0.05, 0) is 170 Å². The topological polar surface area (TPSA) is 113 Å². The van der Waals surface area contributed by atoms with E-state index in [1.807, 2.05) is 24.3 Å². The zero-order valence-corrected chi connectivity index (χ0v) is 42.1. The van der Waals surface area contributed by atoms with Gasteiger partial charge in [0.25, 0.3) is 0 Å². The van der Waals surface area contributed by atoms with Crippen LogP contribution in [0.1, 0.15) is 159 Å². The van der Waals surface area contributed by atoms with Gasteiger partial charge in [-0.15, -0.1) is 0 Å². The molecule has 4 aromatic carbocycles. The average Bonchev–Trinajstić information content (AvgIpc) is 3.95. The van der Waals surface area contributed by atoms with Crippen molar-refractivity contribution >= 4 is 17.3 Å². The van der Waals surface area contributed by atoms with Crippen LogP contribution in [0.2, 0.25) is 0 Å². The third-order valence-corrected chi connectivity index (χ3v) is 19.1.